The minimum atomic E-state index is -5.74. The molecule has 19 atom stereocenters. The van der Waals surface area contributed by atoms with Crippen LogP contribution in [0.25, 0.3) is 22.3 Å². The number of imidazole rings is 2. The topological polar surface area (TPSA) is 627 Å². The number of aliphatic hydroxyl groups is 6. The van der Waals surface area contributed by atoms with E-state index in [1.165, 1.54) is 6.07 Å². The van der Waals surface area contributed by atoms with Crippen molar-refractivity contribution in [3.05, 3.63) is 78.9 Å². The Kier molecular flexibility index (Phi) is 16.5. The van der Waals surface area contributed by atoms with E-state index in [0.717, 1.165) is 49.4 Å². The van der Waals surface area contributed by atoms with Crippen LogP contribution < -0.4 is 45.4 Å². The molecule has 0 saturated carbocycles. The summed E-state index contributed by atoms with van der Waals surface area (Å²) >= 11 is 0. The number of aromatic amines is 2. The summed E-state index contributed by atoms with van der Waals surface area (Å²) in [5, 5.41) is 66.2. The smallest absolute Gasteiger partial charge is 0.394 e. The van der Waals surface area contributed by atoms with Gasteiger partial charge in [0.15, 0.2) is 41.7 Å². The normalized spacial score (nSPS) is 32.3. The third kappa shape index (κ3) is 12.0. The number of nitrogens with zero attached hydrogens (tertiary/aromatic N) is 10. The summed E-state index contributed by atoms with van der Waals surface area (Å²) in [5.74, 6) is -1.41. The second kappa shape index (κ2) is 22.9. The van der Waals surface area contributed by atoms with Crippen LogP contribution in [-0.2, 0) is 59.8 Å². The van der Waals surface area contributed by atoms with Gasteiger partial charge in [-0.25, -0.2) is 33.3 Å². The van der Waals surface area contributed by atoms with Gasteiger partial charge in [0.1, 0.15) is 90.4 Å². The molecule has 4 fully saturated rings. The quantitative estimate of drug-likeness (QED) is 0.0316. The lowest BCUT2D eigenvalue weighted by Gasteiger charge is -2.26. The molecule has 3 unspecified atom stereocenters. The number of phosphoric ester groups is 3. The van der Waals surface area contributed by atoms with E-state index in [2.05, 4.69) is 39.9 Å². The third-order valence-corrected chi connectivity index (χ3v) is 16.1. The Bertz CT molecular complexity index is 3810. The summed E-state index contributed by atoms with van der Waals surface area (Å²) in [6, 6.07) is 2.05. The molecule has 0 spiro atoms. The van der Waals surface area contributed by atoms with Gasteiger partial charge in [0.2, 0.25) is 11.9 Å². The summed E-state index contributed by atoms with van der Waals surface area (Å²) in [6.07, 6.45) is -26.1. The lowest BCUT2D eigenvalue weighted by molar-refractivity contribution is -0.0638. The number of aromatic nitrogens is 12. The van der Waals surface area contributed by atoms with E-state index >= 15 is 0 Å². The van der Waals surface area contributed by atoms with Crippen molar-refractivity contribution in [2.24, 2.45) is 0 Å². The van der Waals surface area contributed by atoms with Gasteiger partial charge in [-0.2, -0.15) is 19.9 Å². The second-order valence-electron chi connectivity index (χ2n) is 18.5. The number of aliphatic hydroxyl groups excluding tert-OH is 6. The average Bonchev–Trinajstić information content (AvgIpc) is 3.11. The predicted molar refractivity (Wildman–Crippen MR) is 266 cm³/mol. The molecular weight excluding hydrogens is 1190 g/mol. The maximum absolute atomic E-state index is 14.0. The Morgan fingerprint density at radius 1 is 0.554 bits per heavy atom. The van der Waals surface area contributed by atoms with E-state index in [-0.39, 0.29) is 39.9 Å². The number of hydrogen-bond donors (Lipinski definition) is 15. The zero-order valence-corrected chi connectivity index (χ0v) is 44.3. The molecule has 452 valence electrons. The highest BCUT2D eigenvalue weighted by atomic mass is 31.2. The molecule has 0 aromatic carbocycles. The number of nitrogens with two attached hydrogens (primary N) is 4. The van der Waals surface area contributed by atoms with Crippen molar-refractivity contribution in [3.63, 3.8) is 0 Å². The maximum atomic E-state index is 14.0. The molecule has 83 heavy (non-hydrogen) atoms. The molecule has 42 nitrogen and oxygen atoms in total. The zero-order chi connectivity index (χ0) is 59.8. The Morgan fingerprint density at radius 2 is 1.02 bits per heavy atom. The average molecular weight is 1240 g/mol. The minimum Gasteiger partial charge on any atom is -0.394 e. The lowest BCUT2D eigenvalue weighted by Crippen LogP contribution is -2.38. The van der Waals surface area contributed by atoms with Crippen molar-refractivity contribution in [1.29, 1.82) is 0 Å². The van der Waals surface area contributed by atoms with Crippen molar-refractivity contribution in [2.75, 3.05) is 49.4 Å². The van der Waals surface area contributed by atoms with Gasteiger partial charge in [-0.3, -0.25) is 65.0 Å². The van der Waals surface area contributed by atoms with E-state index in [1.807, 2.05) is 0 Å². The largest absolute Gasteiger partial charge is 0.472 e. The van der Waals surface area contributed by atoms with Crippen LogP contribution >= 0.6 is 23.5 Å². The number of nitrogen functional groups attached to an aromatic ring is 4. The summed E-state index contributed by atoms with van der Waals surface area (Å²) in [5.41, 5.74) is 18.5. The fourth-order valence-corrected chi connectivity index (χ4v) is 12.2. The van der Waals surface area contributed by atoms with Gasteiger partial charge in [0.25, 0.3) is 11.1 Å². The number of phosphoric acid groups is 3. The zero-order valence-electron chi connectivity index (χ0n) is 41.6. The number of nitrogens with one attached hydrogen (secondary N) is 2. The molecule has 10 rings (SSSR count). The van der Waals surface area contributed by atoms with Crippen molar-refractivity contribution in [3.8, 4) is 0 Å². The standard InChI is InChI=1S/C38H49N16O26P3/c39-15-1-3-52(38(64)45-15)33-21(59)24(11(5-55)74-33)78-82(67,68)72-8-14-26(23(61)34(77-14)53-9-43-17-27(40)47-37(63)49-28(17)53)80-83(69,70)73-7-13-25(22(60)32(76-13)51-4-2-16(56)46-36(51)42)79-81(65,66)71-6-12-19(57)20(58)31(75-12)54-10-44-18-29(54)48-35(41)50-30(18)62/h1-4,9-14,19-26,31-34,55,57-61H,5-8H2,(H,65,66)(H,67,68)(H,69,70)(H2,39,45,64)(H2,42,46,56)(H3,40,47,49,63)(H3,41,48,50,62)/t11-,12-,13-,14-,19-,20-,21-,22-,23-,24-,25-,26-,31-,32-,33-,34-/m1/s1. The molecule has 45 heteroatoms. The third-order valence-electron chi connectivity index (χ3n) is 13.2. The maximum Gasteiger partial charge on any atom is 0.472 e. The van der Waals surface area contributed by atoms with Crippen LogP contribution in [0.1, 0.15) is 24.9 Å². The van der Waals surface area contributed by atoms with Crippen molar-refractivity contribution < 1.29 is 105 Å². The molecular formula is C38H49N16O26P3. The van der Waals surface area contributed by atoms with Crippen LogP contribution in [0, 0.1) is 0 Å². The van der Waals surface area contributed by atoms with Crippen LogP contribution in [0.3, 0.4) is 0 Å². The molecule has 10 heterocycles. The Morgan fingerprint density at radius 3 is 1.58 bits per heavy atom. The van der Waals surface area contributed by atoms with Gasteiger partial charge in [0.05, 0.1) is 39.1 Å². The minimum absolute atomic E-state index is 0.139. The molecule has 0 bridgehead atoms. The second-order valence-corrected chi connectivity index (χ2v) is 22.7. The first-order valence-electron chi connectivity index (χ1n) is 23.9. The number of rotatable bonds is 20. The highest BCUT2D eigenvalue weighted by Gasteiger charge is 2.55. The van der Waals surface area contributed by atoms with E-state index in [4.69, 9.17) is 69.0 Å². The molecule has 0 aliphatic carbocycles. The van der Waals surface area contributed by atoms with Gasteiger partial charge >= 0.3 is 34.8 Å². The molecule has 4 saturated heterocycles. The summed E-state index contributed by atoms with van der Waals surface area (Å²) in [7, 11) is -16.8. The number of anilines is 4. The van der Waals surface area contributed by atoms with Gasteiger partial charge in [0, 0.05) is 18.5 Å². The highest BCUT2D eigenvalue weighted by Crippen LogP contribution is 2.54. The Labute approximate surface area is 458 Å². The number of ether oxygens (including phenoxy) is 4. The summed E-state index contributed by atoms with van der Waals surface area (Å²) in [6.45, 7) is -4.48. The Hall–Kier alpha value is -6.41. The Balaban J connectivity index is 0.861. The molecule has 0 amide bonds. The van der Waals surface area contributed by atoms with Crippen molar-refractivity contribution in [1.82, 2.24) is 58.1 Å². The molecule has 6 aromatic rings. The fraction of sp³-hybridized carbons (Fsp3) is 0.526. The first-order valence-corrected chi connectivity index (χ1v) is 28.4. The molecule has 6 aromatic heterocycles. The van der Waals surface area contributed by atoms with Crippen LogP contribution in [0.4, 0.5) is 23.5 Å². The van der Waals surface area contributed by atoms with Gasteiger partial charge in [-0.1, -0.05) is 0 Å². The van der Waals surface area contributed by atoms with Crippen LogP contribution in [0.2, 0.25) is 0 Å². The number of fused-ring (bicyclic) bond motifs is 2. The predicted octanol–water partition coefficient (Wildman–Crippen LogP) is -7.01. The molecule has 4 aliphatic rings. The van der Waals surface area contributed by atoms with Gasteiger partial charge in [-0.15, -0.1) is 0 Å². The van der Waals surface area contributed by atoms with E-state index < -0.39 is 177 Å². The van der Waals surface area contributed by atoms with Crippen LogP contribution in [0.5, 0.6) is 0 Å². The number of hydrogen-bond acceptors (Lipinski definition) is 33. The van der Waals surface area contributed by atoms with Crippen LogP contribution in [0.15, 0.2) is 56.4 Å². The van der Waals surface area contributed by atoms with Crippen molar-refractivity contribution in [2.45, 2.75) is 98.2 Å². The molecule has 19 N–H and O–H groups in total. The molecule has 0 radical (unpaired) electrons. The van der Waals surface area contributed by atoms with E-state index in [1.54, 1.807) is 0 Å². The van der Waals surface area contributed by atoms with Crippen molar-refractivity contribution >= 4 is 69.3 Å². The fourth-order valence-electron chi connectivity index (χ4n) is 9.34. The number of H-pyrrole nitrogens is 2. The monoisotopic (exact) mass is 1240 g/mol. The first-order chi connectivity index (χ1) is 39.1. The van der Waals surface area contributed by atoms with Crippen LogP contribution in [-0.4, -0.2) is 203 Å². The summed E-state index contributed by atoms with van der Waals surface area (Å²) in [4.78, 5) is 110. The van der Waals surface area contributed by atoms with E-state index in [0.29, 0.717) is 0 Å². The van der Waals surface area contributed by atoms with E-state index in [9.17, 15) is 78.2 Å². The summed E-state index contributed by atoms with van der Waals surface area (Å²) < 4.78 is 99.1. The molecule has 4 aliphatic heterocycles. The highest BCUT2D eigenvalue weighted by molar-refractivity contribution is 7.48. The lowest BCUT2D eigenvalue weighted by atomic mass is 10.1. The first kappa shape index (κ1) is 59.7. The van der Waals surface area contributed by atoms with Gasteiger partial charge < -0.3 is 87.2 Å². The van der Waals surface area contributed by atoms with Gasteiger partial charge in [-0.05, 0) is 6.07 Å². The SMILES string of the molecule is Nc1ccn([C@@H]2O[C@H](CO)[C@@H](OP(=O)(O)OC[C@H]3O[C@@H](n4cnc5c(N)[nH]c(=O)nc54)[C@H](O)[C@@H]3OP(=O)(O)OC[C@H]3O[C@@H](n4ccc(=O)nc4N)[C@H](O)[C@@H]3OP(=O)(O)OC[C@H]3O[C@@H](n4cnc5c(=O)[nH]c(N)nc54)[C@H](O)[C@@H]3O)[C@H]2O)c(=O)n1.